The summed E-state index contributed by atoms with van der Waals surface area (Å²) in [5.74, 6) is -2.70. The lowest BCUT2D eigenvalue weighted by Gasteiger charge is -2.41. The van der Waals surface area contributed by atoms with Crippen LogP contribution in [0.2, 0.25) is 0 Å². The van der Waals surface area contributed by atoms with Crippen LogP contribution in [0.3, 0.4) is 0 Å². The molecule has 0 saturated heterocycles. The molecule has 0 N–H and O–H groups in total. The van der Waals surface area contributed by atoms with Crippen molar-refractivity contribution in [1.82, 2.24) is 0 Å². The fourth-order valence-corrected chi connectivity index (χ4v) is 2.70. The van der Waals surface area contributed by atoms with Gasteiger partial charge in [0.2, 0.25) is 0 Å². The van der Waals surface area contributed by atoms with Crippen LogP contribution in [0.25, 0.3) is 0 Å². The minimum atomic E-state index is -2.70. The Balaban J connectivity index is 2.52. The Labute approximate surface area is 101 Å². The number of benzene rings is 1. The van der Waals surface area contributed by atoms with Gasteiger partial charge >= 0.3 is 0 Å². The minimum Gasteiger partial charge on any atom is -0.300 e. The lowest BCUT2D eigenvalue weighted by atomic mass is 9.67. The van der Waals surface area contributed by atoms with Crippen molar-refractivity contribution in [2.45, 2.75) is 37.0 Å². The van der Waals surface area contributed by atoms with Crippen molar-refractivity contribution in [2.24, 2.45) is 4.99 Å². The zero-order valence-corrected chi connectivity index (χ0v) is 10.00. The smallest absolute Gasteiger partial charge is 0.262 e. The van der Waals surface area contributed by atoms with Crippen LogP contribution in [0.4, 0.5) is 8.78 Å². The maximum absolute atomic E-state index is 14.3. The number of rotatable bonds is 2. The van der Waals surface area contributed by atoms with Crippen LogP contribution >= 0.6 is 0 Å². The van der Waals surface area contributed by atoms with Crippen molar-refractivity contribution in [2.75, 3.05) is 7.05 Å². The SMILES string of the molecule is C/N=C/[C@]1(c2ccccc2)CCCCC1(F)F. The van der Waals surface area contributed by atoms with Crippen molar-refractivity contribution < 1.29 is 8.78 Å². The second-order valence-electron chi connectivity index (χ2n) is 4.64. The summed E-state index contributed by atoms with van der Waals surface area (Å²) >= 11 is 0. The molecule has 2 rings (SSSR count). The van der Waals surface area contributed by atoms with E-state index in [2.05, 4.69) is 4.99 Å². The Morgan fingerprint density at radius 3 is 2.35 bits per heavy atom. The quantitative estimate of drug-likeness (QED) is 0.693. The third-order valence-electron chi connectivity index (χ3n) is 3.60. The van der Waals surface area contributed by atoms with Gasteiger partial charge in [-0.15, -0.1) is 0 Å². The van der Waals surface area contributed by atoms with E-state index in [4.69, 9.17) is 0 Å². The molecule has 17 heavy (non-hydrogen) atoms. The summed E-state index contributed by atoms with van der Waals surface area (Å²) in [5.41, 5.74) is -0.531. The Kier molecular flexibility index (Phi) is 3.27. The zero-order valence-electron chi connectivity index (χ0n) is 10.00. The largest absolute Gasteiger partial charge is 0.300 e. The van der Waals surface area contributed by atoms with Gasteiger partial charge in [0.05, 0.1) is 5.41 Å². The Morgan fingerprint density at radius 2 is 1.76 bits per heavy atom. The maximum Gasteiger partial charge on any atom is 0.262 e. The molecular formula is C14H17F2N. The van der Waals surface area contributed by atoms with Crippen LogP contribution in [-0.2, 0) is 5.41 Å². The number of aliphatic imine (C=N–C) groups is 1. The maximum atomic E-state index is 14.3. The third kappa shape index (κ3) is 1.99. The molecule has 1 fully saturated rings. The standard InChI is InChI=1S/C14H17F2N/c1-17-11-13(12-7-3-2-4-8-12)9-5-6-10-14(13,15)16/h2-4,7-8,11H,5-6,9-10H2,1H3/b17-11+/t13-/m0/s1. The lowest BCUT2D eigenvalue weighted by molar-refractivity contribution is -0.0772. The van der Waals surface area contributed by atoms with E-state index in [0.29, 0.717) is 18.4 Å². The fourth-order valence-electron chi connectivity index (χ4n) is 2.70. The monoisotopic (exact) mass is 237 g/mol. The number of nitrogens with zero attached hydrogens (tertiary/aromatic N) is 1. The predicted octanol–water partition coefficient (Wildman–Crippen LogP) is 3.83. The average Bonchev–Trinajstić information content (AvgIpc) is 2.33. The van der Waals surface area contributed by atoms with Crippen LogP contribution < -0.4 is 0 Å². The molecule has 0 aromatic heterocycles. The molecule has 0 unspecified atom stereocenters. The Hall–Kier alpha value is -1.25. The first-order valence-electron chi connectivity index (χ1n) is 5.99. The molecule has 0 spiro atoms. The summed E-state index contributed by atoms with van der Waals surface area (Å²) in [6.07, 6.45) is 3.30. The van der Waals surface area contributed by atoms with Gasteiger partial charge in [-0.1, -0.05) is 36.8 Å². The van der Waals surface area contributed by atoms with E-state index in [-0.39, 0.29) is 6.42 Å². The minimum absolute atomic E-state index is 0.0477. The van der Waals surface area contributed by atoms with E-state index < -0.39 is 11.3 Å². The van der Waals surface area contributed by atoms with E-state index in [1.807, 2.05) is 18.2 Å². The topological polar surface area (TPSA) is 12.4 Å². The van der Waals surface area contributed by atoms with E-state index >= 15 is 0 Å². The summed E-state index contributed by atoms with van der Waals surface area (Å²) in [7, 11) is 1.56. The number of hydrogen-bond acceptors (Lipinski definition) is 1. The zero-order chi connectivity index (χ0) is 12.4. The highest BCUT2D eigenvalue weighted by Crippen LogP contribution is 2.48. The lowest BCUT2D eigenvalue weighted by Crippen LogP contribution is -2.49. The van der Waals surface area contributed by atoms with Gasteiger partial charge in [0.25, 0.3) is 5.92 Å². The van der Waals surface area contributed by atoms with Gasteiger partial charge < -0.3 is 0 Å². The highest BCUT2D eigenvalue weighted by Gasteiger charge is 2.54. The van der Waals surface area contributed by atoms with Gasteiger partial charge in [0.15, 0.2) is 0 Å². The van der Waals surface area contributed by atoms with Crippen molar-refractivity contribution in [3.05, 3.63) is 35.9 Å². The van der Waals surface area contributed by atoms with Gasteiger partial charge in [-0.3, -0.25) is 4.99 Å². The summed E-state index contributed by atoms with van der Waals surface area (Å²) in [6.45, 7) is 0. The van der Waals surface area contributed by atoms with E-state index in [1.165, 1.54) is 6.21 Å². The summed E-state index contributed by atoms with van der Waals surface area (Å²) in [6, 6.07) is 9.03. The first-order chi connectivity index (χ1) is 8.12. The van der Waals surface area contributed by atoms with Crippen LogP contribution in [0.15, 0.2) is 35.3 Å². The third-order valence-corrected chi connectivity index (χ3v) is 3.60. The molecule has 1 aromatic rings. The molecule has 3 heteroatoms. The molecule has 0 bridgehead atoms. The van der Waals surface area contributed by atoms with Gasteiger partial charge in [0, 0.05) is 19.7 Å². The van der Waals surface area contributed by atoms with Crippen LogP contribution in [0, 0.1) is 0 Å². The Bertz CT molecular complexity index is 400. The van der Waals surface area contributed by atoms with Crippen LogP contribution in [0.1, 0.15) is 31.2 Å². The van der Waals surface area contributed by atoms with Gasteiger partial charge in [0.1, 0.15) is 0 Å². The van der Waals surface area contributed by atoms with Crippen molar-refractivity contribution >= 4 is 6.21 Å². The van der Waals surface area contributed by atoms with Crippen LogP contribution in [-0.4, -0.2) is 19.2 Å². The van der Waals surface area contributed by atoms with E-state index in [0.717, 1.165) is 6.42 Å². The first kappa shape index (κ1) is 12.2. The van der Waals surface area contributed by atoms with Gasteiger partial charge in [-0.25, -0.2) is 8.78 Å². The second kappa shape index (κ2) is 4.55. The molecule has 1 nitrogen and oxygen atoms in total. The highest BCUT2D eigenvalue weighted by molar-refractivity contribution is 5.75. The molecule has 1 aliphatic carbocycles. The molecule has 0 amide bonds. The molecule has 0 aliphatic heterocycles. The molecule has 92 valence electrons. The summed E-state index contributed by atoms with van der Waals surface area (Å²) in [4.78, 5) is 3.90. The molecule has 0 heterocycles. The molecular weight excluding hydrogens is 220 g/mol. The predicted molar refractivity (Wildman–Crippen MR) is 66.0 cm³/mol. The molecule has 1 aromatic carbocycles. The van der Waals surface area contributed by atoms with E-state index in [1.54, 1.807) is 19.2 Å². The van der Waals surface area contributed by atoms with Crippen LogP contribution in [0.5, 0.6) is 0 Å². The van der Waals surface area contributed by atoms with Gasteiger partial charge in [-0.05, 0) is 18.4 Å². The molecule has 0 radical (unpaired) electrons. The normalized spacial score (nSPS) is 28.4. The first-order valence-corrected chi connectivity index (χ1v) is 5.99. The molecule has 1 aliphatic rings. The molecule has 1 saturated carbocycles. The fraction of sp³-hybridized carbons (Fsp3) is 0.500. The second-order valence-corrected chi connectivity index (χ2v) is 4.64. The van der Waals surface area contributed by atoms with E-state index in [9.17, 15) is 8.78 Å². The number of halogens is 2. The molecule has 1 atom stereocenters. The number of alkyl halides is 2. The van der Waals surface area contributed by atoms with Gasteiger partial charge in [-0.2, -0.15) is 0 Å². The van der Waals surface area contributed by atoms with Crippen molar-refractivity contribution in [1.29, 1.82) is 0 Å². The highest BCUT2D eigenvalue weighted by atomic mass is 19.3. The van der Waals surface area contributed by atoms with Crippen molar-refractivity contribution in [3.63, 3.8) is 0 Å². The average molecular weight is 237 g/mol. The number of hydrogen-bond donors (Lipinski definition) is 0. The summed E-state index contributed by atoms with van der Waals surface area (Å²) in [5, 5.41) is 0. The Morgan fingerprint density at radius 1 is 1.12 bits per heavy atom. The van der Waals surface area contributed by atoms with Crippen molar-refractivity contribution in [3.8, 4) is 0 Å². The summed E-state index contributed by atoms with van der Waals surface area (Å²) < 4.78 is 28.6.